The van der Waals surface area contributed by atoms with Crippen molar-refractivity contribution in [1.82, 2.24) is 0 Å². The lowest BCUT2D eigenvalue weighted by atomic mass is 10.0. The van der Waals surface area contributed by atoms with E-state index in [1.807, 2.05) is 0 Å². The maximum atomic E-state index is 11.4. The molecule has 3 rings (SSSR count). The smallest absolute Gasteiger partial charge is 0.296 e. The molecule has 0 heterocycles. The Kier molecular flexibility index (Phi) is 4.93. The molecule has 0 saturated carbocycles. The number of fused-ring (bicyclic) bond motifs is 1. The van der Waals surface area contributed by atoms with E-state index < -0.39 is 25.1 Å². The Morgan fingerprint density at radius 1 is 0.821 bits per heavy atom. The highest BCUT2D eigenvalue weighted by Crippen LogP contribution is 2.39. The van der Waals surface area contributed by atoms with Crippen LogP contribution in [0.4, 0.5) is 11.4 Å². The average molecular weight is 422 g/mol. The van der Waals surface area contributed by atoms with Gasteiger partial charge >= 0.3 is 0 Å². The molecule has 146 valence electrons. The van der Waals surface area contributed by atoms with E-state index in [-0.39, 0.29) is 22.0 Å². The van der Waals surface area contributed by atoms with Crippen molar-refractivity contribution in [2.45, 2.75) is 16.7 Å². The quantitative estimate of drug-likeness (QED) is 0.427. The molecule has 9 nitrogen and oxygen atoms in total. The zero-order valence-electron chi connectivity index (χ0n) is 14.3. The van der Waals surface area contributed by atoms with E-state index in [1.54, 1.807) is 6.92 Å². The predicted octanol–water partition coefficient (Wildman–Crippen LogP) is 3.76. The number of nitrogens with zero attached hydrogens (tertiary/aromatic N) is 2. The zero-order chi connectivity index (χ0) is 20.7. The third-order valence-electron chi connectivity index (χ3n) is 3.95. The number of aryl methyl sites for hydroxylation is 1. The Morgan fingerprint density at radius 2 is 1.46 bits per heavy atom. The van der Waals surface area contributed by atoms with Gasteiger partial charge < -0.3 is 5.11 Å². The maximum Gasteiger partial charge on any atom is 0.296 e. The molecule has 0 aliphatic carbocycles. The largest absolute Gasteiger partial charge is 0.505 e. The summed E-state index contributed by atoms with van der Waals surface area (Å²) >= 11 is 0. The third kappa shape index (κ3) is 3.87. The fraction of sp³-hybridized carbons (Fsp3) is 0.0588. The fourth-order valence-electron chi connectivity index (χ4n) is 2.71. The SMILES string of the molecule is Cc1cc(S(=O)(=O)O)cc2ccc(N=Nc3ccccc3S(=O)(=O)O)c(O)c12. The van der Waals surface area contributed by atoms with Gasteiger partial charge in [0.15, 0.2) is 5.75 Å². The average Bonchev–Trinajstić information content (AvgIpc) is 2.59. The molecule has 0 amide bonds. The molecule has 0 bridgehead atoms. The van der Waals surface area contributed by atoms with Crippen LogP contribution in [0.25, 0.3) is 10.8 Å². The Bertz CT molecular complexity index is 1330. The lowest BCUT2D eigenvalue weighted by Gasteiger charge is -2.09. The monoisotopic (exact) mass is 422 g/mol. The molecule has 11 heteroatoms. The van der Waals surface area contributed by atoms with Gasteiger partial charge in [-0.25, -0.2) is 0 Å². The van der Waals surface area contributed by atoms with Crippen molar-refractivity contribution in [1.29, 1.82) is 0 Å². The van der Waals surface area contributed by atoms with Crippen LogP contribution < -0.4 is 0 Å². The molecule has 0 aromatic heterocycles. The van der Waals surface area contributed by atoms with Crippen LogP contribution in [0.2, 0.25) is 0 Å². The van der Waals surface area contributed by atoms with Gasteiger partial charge in [-0.15, -0.1) is 10.2 Å². The van der Waals surface area contributed by atoms with Crippen molar-refractivity contribution in [3.05, 3.63) is 54.1 Å². The molecule has 0 aliphatic rings. The number of phenols is 1. The van der Waals surface area contributed by atoms with Gasteiger partial charge in [0.2, 0.25) is 0 Å². The molecule has 0 unspecified atom stereocenters. The van der Waals surface area contributed by atoms with Gasteiger partial charge in [0.05, 0.1) is 4.90 Å². The van der Waals surface area contributed by atoms with E-state index in [2.05, 4.69) is 10.2 Å². The molecule has 3 aromatic rings. The van der Waals surface area contributed by atoms with Crippen LogP contribution in [-0.4, -0.2) is 31.0 Å². The first-order chi connectivity index (χ1) is 13.0. The molecule has 3 N–H and O–H groups in total. The van der Waals surface area contributed by atoms with Crippen molar-refractivity contribution in [3.8, 4) is 5.75 Å². The Balaban J connectivity index is 2.13. The van der Waals surface area contributed by atoms with Gasteiger partial charge in [-0.2, -0.15) is 16.8 Å². The first-order valence-corrected chi connectivity index (χ1v) is 10.6. The highest BCUT2D eigenvalue weighted by atomic mass is 32.2. The van der Waals surface area contributed by atoms with Crippen molar-refractivity contribution < 1.29 is 31.0 Å². The normalized spacial score (nSPS) is 12.7. The van der Waals surface area contributed by atoms with E-state index in [9.17, 15) is 31.0 Å². The first kappa shape index (κ1) is 19.9. The molecule has 0 aliphatic heterocycles. The molecule has 0 spiro atoms. The van der Waals surface area contributed by atoms with E-state index >= 15 is 0 Å². The summed E-state index contributed by atoms with van der Waals surface area (Å²) in [5, 5.41) is 18.8. The van der Waals surface area contributed by atoms with Gasteiger partial charge in [-0.1, -0.05) is 18.2 Å². The van der Waals surface area contributed by atoms with Crippen molar-refractivity contribution in [2.75, 3.05) is 0 Å². The minimum absolute atomic E-state index is 0.000321. The van der Waals surface area contributed by atoms with Gasteiger partial charge in [-0.3, -0.25) is 9.11 Å². The summed E-state index contributed by atoms with van der Waals surface area (Å²) in [6.45, 7) is 1.55. The third-order valence-corrected chi connectivity index (χ3v) is 5.68. The van der Waals surface area contributed by atoms with Crippen molar-refractivity contribution in [2.24, 2.45) is 10.2 Å². The molecule has 0 radical (unpaired) electrons. The van der Waals surface area contributed by atoms with Crippen LogP contribution in [0.1, 0.15) is 5.56 Å². The number of aromatic hydroxyl groups is 1. The second kappa shape index (κ2) is 6.95. The maximum absolute atomic E-state index is 11.4. The van der Waals surface area contributed by atoms with E-state index in [0.717, 1.165) is 6.07 Å². The van der Waals surface area contributed by atoms with Gasteiger partial charge in [0.1, 0.15) is 16.3 Å². The Labute approximate surface area is 160 Å². The van der Waals surface area contributed by atoms with Crippen LogP contribution in [0, 0.1) is 6.92 Å². The number of hydrogen-bond donors (Lipinski definition) is 3. The lowest BCUT2D eigenvalue weighted by molar-refractivity contribution is 0.480. The van der Waals surface area contributed by atoms with Gasteiger partial charge in [0, 0.05) is 5.39 Å². The summed E-state index contributed by atoms with van der Waals surface area (Å²) in [5.41, 5.74) is 0.251. The predicted molar refractivity (Wildman–Crippen MR) is 101 cm³/mol. The molecule has 3 aromatic carbocycles. The number of benzene rings is 3. The van der Waals surface area contributed by atoms with E-state index in [0.29, 0.717) is 16.3 Å². The fourth-order valence-corrected chi connectivity index (χ4v) is 3.93. The molecule has 28 heavy (non-hydrogen) atoms. The standard InChI is InChI=1S/C17H14N2O7S2/c1-10-8-12(27(21,22)23)9-11-6-7-14(17(20)16(10)11)19-18-13-4-2-3-5-15(13)28(24,25)26/h2-9,20H,1H3,(H,21,22,23)(H,24,25,26). The van der Waals surface area contributed by atoms with Crippen LogP contribution in [0.5, 0.6) is 5.75 Å². The van der Waals surface area contributed by atoms with Crippen molar-refractivity contribution >= 4 is 42.4 Å². The summed E-state index contributed by atoms with van der Waals surface area (Å²) in [7, 11) is -8.91. The van der Waals surface area contributed by atoms with Gasteiger partial charge in [0.25, 0.3) is 20.2 Å². The Morgan fingerprint density at radius 3 is 2.11 bits per heavy atom. The van der Waals surface area contributed by atoms with E-state index in [4.69, 9.17) is 0 Å². The highest BCUT2D eigenvalue weighted by Gasteiger charge is 2.17. The second-order valence-corrected chi connectivity index (χ2v) is 8.70. The number of phenolic OH excluding ortho intramolecular Hbond substituents is 1. The molecule has 0 fully saturated rings. The summed E-state index contributed by atoms with van der Waals surface area (Å²) in [6, 6.07) is 10.6. The van der Waals surface area contributed by atoms with E-state index in [1.165, 1.54) is 42.5 Å². The molecule has 0 atom stereocenters. The Hall–Kier alpha value is -2.86. The van der Waals surface area contributed by atoms with Gasteiger partial charge in [-0.05, 0) is 48.2 Å². The number of hydrogen-bond acceptors (Lipinski definition) is 7. The summed E-state index contributed by atoms with van der Waals surface area (Å²) < 4.78 is 63.9. The minimum atomic E-state index is -4.50. The summed E-state index contributed by atoms with van der Waals surface area (Å²) in [6.07, 6.45) is 0. The number of azo groups is 1. The summed E-state index contributed by atoms with van der Waals surface area (Å²) in [5.74, 6) is -0.301. The van der Waals surface area contributed by atoms with Crippen LogP contribution in [0.15, 0.2) is 68.6 Å². The lowest BCUT2D eigenvalue weighted by Crippen LogP contribution is -1.98. The summed E-state index contributed by atoms with van der Waals surface area (Å²) in [4.78, 5) is -0.749. The number of rotatable bonds is 4. The topological polar surface area (TPSA) is 154 Å². The zero-order valence-corrected chi connectivity index (χ0v) is 15.9. The molecular weight excluding hydrogens is 408 g/mol. The molecular formula is C17H14N2O7S2. The van der Waals surface area contributed by atoms with Crippen LogP contribution in [-0.2, 0) is 20.2 Å². The van der Waals surface area contributed by atoms with Crippen LogP contribution in [0.3, 0.4) is 0 Å². The second-order valence-electron chi connectivity index (χ2n) is 5.89. The highest BCUT2D eigenvalue weighted by molar-refractivity contribution is 7.86. The minimum Gasteiger partial charge on any atom is -0.505 e. The first-order valence-electron chi connectivity index (χ1n) is 7.70. The van der Waals surface area contributed by atoms with Crippen molar-refractivity contribution in [3.63, 3.8) is 0 Å². The molecule has 0 saturated heterocycles. The van der Waals surface area contributed by atoms with Crippen LogP contribution >= 0.6 is 0 Å².